The van der Waals surface area contributed by atoms with E-state index in [0.717, 1.165) is 12.2 Å². The Kier molecular flexibility index (Phi) is 15.1. The zero-order valence-corrected chi connectivity index (χ0v) is 25.0. The number of phenols is 1. The van der Waals surface area contributed by atoms with E-state index in [9.17, 15) is 14.7 Å². The summed E-state index contributed by atoms with van der Waals surface area (Å²) in [5.74, 6) is 0.212. The summed E-state index contributed by atoms with van der Waals surface area (Å²) in [6.07, 6.45) is 18.6. The van der Waals surface area contributed by atoms with Crippen LogP contribution in [-0.2, 0) is 0 Å². The monoisotopic (exact) mass is 574 g/mol. The van der Waals surface area contributed by atoms with Crippen molar-refractivity contribution in [3.8, 4) is 23.0 Å². The maximum absolute atomic E-state index is 12.5. The molecule has 42 heavy (non-hydrogen) atoms. The van der Waals surface area contributed by atoms with E-state index in [4.69, 9.17) is 14.2 Å². The van der Waals surface area contributed by atoms with Crippen molar-refractivity contribution in [3.05, 3.63) is 83.9 Å². The molecule has 0 aliphatic heterocycles. The smallest absolute Gasteiger partial charge is 0.343 e. The van der Waals surface area contributed by atoms with E-state index in [-0.39, 0.29) is 11.5 Å². The molecule has 0 atom stereocenters. The number of hydrogen-bond donors (Lipinski definition) is 1. The van der Waals surface area contributed by atoms with Gasteiger partial charge in [-0.2, -0.15) is 0 Å². The Balaban J connectivity index is 1.25. The van der Waals surface area contributed by atoms with Gasteiger partial charge in [0.1, 0.15) is 23.0 Å². The van der Waals surface area contributed by atoms with Gasteiger partial charge in [0.2, 0.25) is 0 Å². The number of phenolic OH excluding ortho intramolecular Hbond substituents is 1. The molecule has 0 saturated carbocycles. The summed E-state index contributed by atoms with van der Waals surface area (Å²) in [4.78, 5) is 24.9. The second-order valence-electron chi connectivity index (χ2n) is 10.8. The lowest BCUT2D eigenvalue weighted by molar-refractivity contribution is 0.0730. The summed E-state index contributed by atoms with van der Waals surface area (Å²) < 4.78 is 16.5. The summed E-state index contributed by atoms with van der Waals surface area (Å²) in [6.45, 7) is 2.94. The standard InChI is InChI=1S/C36H46O6/c1-2-3-4-5-6-7-8-9-10-11-12-13-14-15-27-40-32-23-19-29(20-24-32)35(38)41-33-25-21-30(22-26-33)36(39)42-34-18-16-17-31(37)28-34/h16-26,28,37H,2-15,27H2,1H3. The molecule has 0 radical (unpaired) electrons. The van der Waals surface area contributed by atoms with Gasteiger partial charge in [-0.1, -0.05) is 96.5 Å². The molecular formula is C36H46O6. The predicted molar refractivity (Wildman–Crippen MR) is 167 cm³/mol. The third kappa shape index (κ3) is 12.8. The lowest BCUT2D eigenvalue weighted by Crippen LogP contribution is -2.10. The molecule has 3 aromatic carbocycles. The molecule has 0 fully saturated rings. The van der Waals surface area contributed by atoms with Gasteiger partial charge in [-0.05, 0) is 67.1 Å². The summed E-state index contributed by atoms with van der Waals surface area (Å²) in [6, 6.07) is 19.0. The molecule has 0 unspecified atom stereocenters. The fraction of sp³-hybridized carbons (Fsp3) is 0.444. The number of carbonyl (C=O) groups is 2. The second-order valence-corrected chi connectivity index (χ2v) is 10.8. The van der Waals surface area contributed by atoms with Crippen molar-refractivity contribution in [3.63, 3.8) is 0 Å². The van der Waals surface area contributed by atoms with E-state index >= 15 is 0 Å². The molecule has 0 aliphatic rings. The van der Waals surface area contributed by atoms with Gasteiger partial charge in [-0.25, -0.2) is 9.59 Å². The fourth-order valence-corrected chi connectivity index (χ4v) is 4.71. The third-order valence-corrected chi connectivity index (χ3v) is 7.19. The van der Waals surface area contributed by atoms with Crippen LogP contribution in [0.15, 0.2) is 72.8 Å². The van der Waals surface area contributed by atoms with Gasteiger partial charge in [0.25, 0.3) is 0 Å². The molecule has 3 aromatic rings. The first-order valence-electron chi connectivity index (χ1n) is 15.6. The quantitative estimate of drug-likeness (QED) is 0.0822. The van der Waals surface area contributed by atoms with Gasteiger partial charge >= 0.3 is 11.9 Å². The minimum atomic E-state index is -0.580. The number of ether oxygens (including phenoxy) is 3. The predicted octanol–water partition coefficient (Wildman–Crippen LogP) is 9.69. The van der Waals surface area contributed by atoms with Crippen LogP contribution in [0.2, 0.25) is 0 Å². The first-order valence-corrected chi connectivity index (χ1v) is 15.6. The summed E-state index contributed by atoms with van der Waals surface area (Å²) in [5, 5.41) is 9.50. The van der Waals surface area contributed by atoms with Crippen molar-refractivity contribution in [1.29, 1.82) is 0 Å². The van der Waals surface area contributed by atoms with E-state index in [1.54, 1.807) is 36.4 Å². The highest BCUT2D eigenvalue weighted by Crippen LogP contribution is 2.21. The molecule has 0 amide bonds. The molecule has 6 heteroatoms. The van der Waals surface area contributed by atoms with Crippen molar-refractivity contribution in [2.75, 3.05) is 6.61 Å². The van der Waals surface area contributed by atoms with Crippen LogP contribution in [0.4, 0.5) is 0 Å². The number of hydrogen-bond acceptors (Lipinski definition) is 6. The minimum absolute atomic E-state index is 0.00665. The van der Waals surface area contributed by atoms with Gasteiger partial charge < -0.3 is 19.3 Å². The molecule has 6 nitrogen and oxygen atoms in total. The number of rotatable bonds is 20. The number of carbonyl (C=O) groups excluding carboxylic acids is 2. The Labute approximate surface area is 251 Å². The maximum atomic E-state index is 12.5. The number of aromatic hydroxyl groups is 1. The number of esters is 2. The number of unbranched alkanes of at least 4 members (excludes halogenated alkanes) is 13. The normalized spacial score (nSPS) is 10.8. The number of benzene rings is 3. The SMILES string of the molecule is CCCCCCCCCCCCCCCCOc1ccc(C(=O)Oc2ccc(C(=O)Oc3cccc(O)c3)cc2)cc1. The van der Waals surface area contributed by atoms with Crippen LogP contribution >= 0.6 is 0 Å². The van der Waals surface area contributed by atoms with Gasteiger partial charge in [0.05, 0.1) is 17.7 Å². The van der Waals surface area contributed by atoms with E-state index in [0.29, 0.717) is 23.5 Å². The van der Waals surface area contributed by atoms with Crippen LogP contribution in [-0.4, -0.2) is 23.7 Å². The highest BCUT2D eigenvalue weighted by molar-refractivity contribution is 5.92. The van der Waals surface area contributed by atoms with Crippen molar-refractivity contribution in [1.82, 2.24) is 0 Å². The Morgan fingerprint density at radius 3 is 1.50 bits per heavy atom. The van der Waals surface area contributed by atoms with Gasteiger partial charge in [0, 0.05) is 6.07 Å². The van der Waals surface area contributed by atoms with Gasteiger partial charge in [0.15, 0.2) is 0 Å². The minimum Gasteiger partial charge on any atom is -0.508 e. The lowest BCUT2D eigenvalue weighted by atomic mass is 10.0. The molecule has 0 aromatic heterocycles. The summed E-state index contributed by atoms with van der Waals surface area (Å²) in [7, 11) is 0. The van der Waals surface area contributed by atoms with E-state index in [1.165, 1.54) is 120 Å². The van der Waals surface area contributed by atoms with Crippen molar-refractivity contribution in [2.45, 2.75) is 96.8 Å². The maximum Gasteiger partial charge on any atom is 0.343 e. The molecule has 226 valence electrons. The van der Waals surface area contributed by atoms with Crippen LogP contribution < -0.4 is 14.2 Å². The largest absolute Gasteiger partial charge is 0.508 e. The Hall–Kier alpha value is -3.80. The molecular weight excluding hydrogens is 528 g/mol. The topological polar surface area (TPSA) is 82.1 Å². The Bertz CT molecular complexity index is 1190. The Morgan fingerprint density at radius 1 is 0.548 bits per heavy atom. The zero-order chi connectivity index (χ0) is 29.8. The van der Waals surface area contributed by atoms with Gasteiger partial charge in [-0.15, -0.1) is 0 Å². The first-order chi connectivity index (χ1) is 20.5. The average Bonchev–Trinajstić information content (AvgIpc) is 2.99. The summed E-state index contributed by atoms with van der Waals surface area (Å²) in [5.41, 5.74) is 0.699. The second kappa shape index (κ2) is 19.3. The van der Waals surface area contributed by atoms with E-state index < -0.39 is 11.9 Å². The van der Waals surface area contributed by atoms with E-state index in [1.807, 2.05) is 0 Å². The molecule has 3 rings (SSSR count). The molecule has 0 heterocycles. The summed E-state index contributed by atoms with van der Waals surface area (Å²) >= 11 is 0. The highest BCUT2D eigenvalue weighted by Gasteiger charge is 2.12. The van der Waals surface area contributed by atoms with Crippen molar-refractivity contribution in [2.24, 2.45) is 0 Å². The van der Waals surface area contributed by atoms with Crippen LogP contribution in [0.1, 0.15) is 118 Å². The first kappa shape index (κ1) is 32.7. The van der Waals surface area contributed by atoms with Crippen LogP contribution in [0.3, 0.4) is 0 Å². The average molecular weight is 575 g/mol. The third-order valence-electron chi connectivity index (χ3n) is 7.19. The van der Waals surface area contributed by atoms with Crippen LogP contribution in [0, 0.1) is 0 Å². The van der Waals surface area contributed by atoms with E-state index in [2.05, 4.69) is 6.92 Å². The Morgan fingerprint density at radius 2 is 1.00 bits per heavy atom. The molecule has 0 saturated heterocycles. The van der Waals surface area contributed by atoms with Crippen LogP contribution in [0.5, 0.6) is 23.0 Å². The highest BCUT2D eigenvalue weighted by atomic mass is 16.5. The van der Waals surface area contributed by atoms with Gasteiger partial charge in [-0.3, -0.25) is 0 Å². The molecule has 0 aliphatic carbocycles. The zero-order valence-electron chi connectivity index (χ0n) is 25.0. The van der Waals surface area contributed by atoms with Crippen molar-refractivity contribution >= 4 is 11.9 Å². The molecule has 1 N–H and O–H groups in total. The van der Waals surface area contributed by atoms with Crippen molar-refractivity contribution < 1.29 is 28.9 Å². The van der Waals surface area contributed by atoms with Crippen LogP contribution in [0.25, 0.3) is 0 Å². The molecule has 0 bridgehead atoms. The fourth-order valence-electron chi connectivity index (χ4n) is 4.71. The molecule has 0 spiro atoms. The lowest BCUT2D eigenvalue weighted by Gasteiger charge is -2.08.